The summed E-state index contributed by atoms with van der Waals surface area (Å²) in [5, 5.41) is 0. The van der Waals surface area contributed by atoms with Crippen molar-refractivity contribution in [3.63, 3.8) is 0 Å². The summed E-state index contributed by atoms with van der Waals surface area (Å²) < 4.78 is 5.54. The summed E-state index contributed by atoms with van der Waals surface area (Å²) in [6.07, 6.45) is 5.55. The van der Waals surface area contributed by atoms with Crippen LogP contribution < -0.4 is 10.5 Å². The lowest BCUT2D eigenvalue weighted by Crippen LogP contribution is -2.04. The zero-order valence-corrected chi connectivity index (χ0v) is 10.2. The highest BCUT2D eigenvalue weighted by molar-refractivity contribution is 5.32. The summed E-state index contributed by atoms with van der Waals surface area (Å²) in [5.41, 5.74) is 5.66. The highest BCUT2D eigenvalue weighted by atomic mass is 16.5. The predicted octanol–water partition coefficient (Wildman–Crippen LogP) is 2.58. The predicted molar refractivity (Wildman–Crippen MR) is 65.5 cm³/mol. The Labute approximate surface area is 97.2 Å². The smallest absolute Gasteiger partial charge is 0.218 e. The fraction of sp³-hybridized carbons (Fsp3) is 0.667. The molecule has 1 rings (SSSR count). The van der Waals surface area contributed by atoms with E-state index in [1.165, 1.54) is 19.3 Å². The normalized spacial score (nSPS) is 10.4. The maximum atomic E-state index is 5.66. The molecule has 0 aliphatic rings. The Balaban J connectivity index is 2.38. The van der Waals surface area contributed by atoms with Gasteiger partial charge < -0.3 is 10.5 Å². The van der Waals surface area contributed by atoms with Gasteiger partial charge in [-0.05, 0) is 6.42 Å². The van der Waals surface area contributed by atoms with Crippen LogP contribution in [0.15, 0.2) is 6.07 Å². The molecule has 0 aliphatic heterocycles. The molecule has 4 nitrogen and oxygen atoms in total. The van der Waals surface area contributed by atoms with Crippen LogP contribution in [0.5, 0.6) is 5.88 Å². The van der Waals surface area contributed by atoms with Crippen molar-refractivity contribution in [3.8, 4) is 5.88 Å². The van der Waals surface area contributed by atoms with Gasteiger partial charge in [0.1, 0.15) is 11.6 Å². The molecule has 16 heavy (non-hydrogen) atoms. The van der Waals surface area contributed by atoms with Gasteiger partial charge in [0.05, 0.1) is 6.61 Å². The standard InChI is InChI=1S/C12H21N3O/c1-3-5-6-7-8-16-12-9-10(13)14-11(4-2)15-12/h9H,3-8H2,1-2H3,(H2,13,14,15). The van der Waals surface area contributed by atoms with Gasteiger partial charge in [-0.25, -0.2) is 4.98 Å². The molecule has 90 valence electrons. The Morgan fingerprint density at radius 1 is 1.19 bits per heavy atom. The van der Waals surface area contributed by atoms with E-state index in [4.69, 9.17) is 10.5 Å². The molecule has 0 saturated heterocycles. The number of anilines is 1. The molecule has 0 unspecified atom stereocenters. The summed E-state index contributed by atoms with van der Waals surface area (Å²) in [6, 6.07) is 1.68. The highest BCUT2D eigenvalue weighted by Gasteiger charge is 2.01. The SMILES string of the molecule is CCCCCCOc1cc(N)nc(CC)n1. The first-order valence-electron chi connectivity index (χ1n) is 6.02. The molecule has 0 spiro atoms. The summed E-state index contributed by atoms with van der Waals surface area (Å²) >= 11 is 0. The average molecular weight is 223 g/mol. The van der Waals surface area contributed by atoms with Crippen molar-refractivity contribution in [2.24, 2.45) is 0 Å². The molecule has 0 fully saturated rings. The van der Waals surface area contributed by atoms with Crippen LogP contribution in [0.1, 0.15) is 45.4 Å². The molecular formula is C12H21N3O. The second-order valence-electron chi connectivity index (χ2n) is 3.81. The Morgan fingerprint density at radius 3 is 2.69 bits per heavy atom. The van der Waals surface area contributed by atoms with Crippen LogP contribution in [0, 0.1) is 0 Å². The van der Waals surface area contributed by atoms with E-state index < -0.39 is 0 Å². The molecule has 0 atom stereocenters. The van der Waals surface area contributed by atoms with Crippen LogP contribution in [0.4, 0.5) is 5.82 Å². The van der Waals surface area contributed by atoms with E-state index in [2.05, 4.69) is 16.9 Å². The number of nitrogens with zero attached hydrogens (tertiary/aromatic N) is 2. The second kappa shape index (κ2) is 7.04. The largest absolute Gasteiger partial charge is 0.478 e. The van der Waals surface area contributed by atoms with Crippen molar-refractivity contribution < 1.29 is 4.74 Å². The van der Waals surface area contributed by atoms with E-state index in [1.807, 2.05) is 6.92 Å². The first kappa shape index (κ1) is 12.7. The maximum absolute atomic E-state index is 5.66. The number of nitrogens with two attached hydrogens (primary N) is 1. The molecule has 0 amide bonds. The van der Waals surface area contributed by atoms with Crippen LogP contribution >= 0.6 is 0 Å². The summed E-state index contributed by atoms with van der Waals surface area (Å²) in [7, 11) is 0. The molecule has 0 aromatic carbocycles. The first-order chi connectivity index (χ1) is 7.76. The number of hydrogen-bond donors (Lipinski definition) is 1. The molecule has 1 aromatic heterocycles. The maximum Gasteiger partial charge on any atom is 0.218 e. The minimum Gasteiger partial charge on any atom is -0.478 e. The van der Waals surface area contributed by atoms with Crippen molar-refractivity contribution in [1.82, 2.24) is 9.97 Å². The zero-order chi connectivity index (χ0) is 11.8. The van der Waals surface area contributed by atoms with Gasteiger partial charge in [0.25, 0.3) is 0 Å². The number of aromatic nitrogens is 2. The van der Waals surface area contributed by atoms with E-state index in [-0.39, 0.29) is 0 Å². The molecule has 2 N–H and O–H groups in total. The van der Waals surface area contributed by atoms with Crippen molar-refractivity contribution in [2.45, 2.75) is 46.0 Å². The van der Waals surface area contributed by atoms with E-state index in [0.717, 1.165) is 18.7 Å². The number of hydrogen-bond acceptors (Lipinski definition) is 4. The van der Waals surface area contributed by atoms with Gasteiger partial charge in [-0.15, -0.1) is 0 Å². The number of aryl methyl sites for hydroxylation is 1. The van der Waals surface area contributed by atoms with Gasteiger partial charge in [-0.3, -0.25) is 0 Å². The van der Waals surface area contributed by atoms with E-state index in [9.17, 15) is 0 Å². The number of nitrogen functional groups attached to an aromatic ring is 1. The number of ether oxygens (including phenoxy) is 1. The molecule has 0 radical (unpaired) electrons. The quantitative estimate of drug-likeness (QED) is 0.722. The molecule has 1 heterocycles. The zero-order valence-electron chi connectivity index (χ0n) is 10.2. The summed E-state index contributed by atoms with van der Waals surface area (Å²) in [5.74, 6) is 1.82. The lowest BCUT2D eigenvalue weighted by molar-refractivity contribution is 0.292. The Bertz CT molecular complexity index is 315. The fourth-order valence-electron chi connectivity index (χ4n) is 1.43. The van der Waals surface area contributed by atoms with E-state index in [1.54, 1.807) is 6.07 Å². The van der Waals surface area contributed by atoms with Crippen molar-refractivity contribution in [3.05, 3.63) is 11.9 Å². The lowest BCUT2D eigenvalue weighted by Gasteiger charge is -2.06. The number of rotatable bonds is 7. The van der Waals surface area contributed by atoms with Gasteiger partial charge in [0, 0.05) is 12.5 Å². The van der Waals surface area contributed by atoms with Gasteiger partial charge in [-0.2, -0.15) is 4.98 Å². The minimum atomic E-state index is 0.482. The first-order valence-corrected chi connectivity index (χ1v) is 6.02. The van der Waals surface area contributed by atoms with E-state index in [0.29, 0.717) is 18.3 Å². The third kappa shape index (κ3) is 4.47. The van der Waals surface area contributed by atoms with Crippen LogP contribution in [-0.2, 0) is 6.42 Å². The van der Waals surface area contributed by atoms with Crippen LogP contribution in [-0.4, -0.2) is 16.6 Å². The van der Waals surface area contributed by atoms with Crippen molar-refractivity contribution in [1.29, 1.82) is 0 Å². The molecular weight excluding hydrogens is 202 g/mol. The lowest BCUT2D eigenvalue weighted by atomic mass is 10.2. The molecule has 0 saturated carbocycles. The number of unbranched alkanes of at least 4 members (excludes halogenated alkanes) is 3. The third-order valence-corrected chi connectivity index (χ3v) is 2.33. The average Bonchev–Trinajstić information content (AvgIpc) is 2.28. The molecule has 0 bridgehead atoms. The van der Waals surface area contributed by atoms with Crippen molar-refractivity contribution in [2.75, 3.05) is 12.3 Å². The third-order valence-electron chi connectivity index (χ3n) is 2.33. The van der Waals surface area contributed by atoms with Gasteiger partial charge >= 0.3 is 0 Å². The van der Waals surface area contributed by atoms with Crippen molar-refractivity contribution >= 4 is 5.82 Å². The van der Waals surface area contributed by atoms with Crippen LogP contribution in [0.2, 0.25) is 0 Å². The van der Waals surface area contributed by atoms with Gasteiger partial charge in [0.2, 0.25) is 5.88 Å². The van der Waals surface area contributed by atoms with Gasteiger partial charge in [-0.1, -0.05) is 33.1 Å². The molecule has 4 heteroatoms. The summed E-state index contributed by atoms with van der Waals surface area (Å²) in [6.45, 7) is 4.90. The Kier molecular flexibility index (Phi) is 5.61. The summed E-state index contributed by atoms with van der Waals surface area (Å²) in [4.78, 5) is 8.35. The Morgan fingerprint density at radius 2 is 2.00 bits per heavy atom. The second-order valence-corrected chi connectivity index (χ2v) is 3.81. The van der Waals surface area contributed by atoms with Crippen LogP contribution in [0.25, 0.3) is 0 Å². The fourth-order valence-corrected chi connectivity index (χ4v) is 1.43. The monoisotopic (exact) mass is 223 g/mol. The highest BCUT2D eigenvalue weighted by Crippen LogP contribution is 2.12. The van der Waals surface area contributed by atoms with Crippen LogP contribution in [0.3, 0.4) is 0 Å². The van der Waals surface area contributed by atoms with Gasteiger partial charge in [0.15, 0.2) is 0 Å². The molecule has 0 aliphatic carbocycles. The van der Waals surface area contributed by atoms with E-state index >= 15 is 0 Å². The topological polar surface area (TPSA) is 61.0 Å². The molecule has 1 aromatic rings. The minimum absolute atomic E-state index is 0.482. The Hall–Kier alpha value is -1.32.